The summed E-state index contributed by atoms with van der Waals surface area (Å²) >= 11 is 1.69. The van der Waals surface area contributed by atoms with E-state index in [0.717, 1.165) is 17.0 Å². The quantitative estimate of drug-likeness (QED) is 0.418. The van der Waals surface area contributed by atoms with E-state index in [2.05, 4.69) is 65.4 Å². The second kappa shape index (κ2) is 7.54. The number of benzene rings is 3. The fourth-order valence-electron chi connectivity index (χ4n) is 3.03. The van der Waals surface area contributed by atoms with Gasteiger partial charge >= 0.3 is 0 Å². The molecule has 26 heavy (non-hydrogen) atoms. The van der Waals surface area contributed by atoms with Crippen molar-refractivity contribution in [1.29, 1.82) is 0 Å². The van der Waals surface area contributed by atoms with Gasteiger partial charge in [-0.05, 0) is 35.7 Å². The van der Waals surface area contributed by atoms with Gasteiger partial charge in [-0.3, -0.25) is 0 Å². The van der Waals surface area contributed by atoms with Gasteiger partial charge in [-0.25, -0.2) is 4.99 Å². The summed E-state index contributed by atoms with van der Waals surface area (Å²) in [7, 11) is 0. The Hall–Kier alpha value is -2.91. The Balaban J connectivity index is 1.71. The van der Waals surface area contributed by atoms with Gasteiger partial charge in [0.15, 0.2) is 4.80 Å². The predicted octanol–water partition coefficient (Wildman–Crippen LogP) is 6.14. The zero-order chi connectivity index (χ0) is 17.8. The summed E-state index contributed by atoms with van der Waals surface area (Å²) < 4.78 is 2.27. The molecule has 3 heteroatoms. The lowest BCUT2D eigenvalue weighted by Gasteiger charge is -2.08. The van der Waals surface area contributed by atoms with Crippen LogP contribution in [-0.4, -0.2) is 4.57 Å². The van der Waals surface area contributed by atoms with E-state index in [9.17, 15) is 0 Å². The Labute approximate surface area is 157 Å². The number of hydrogen-bond donors (Lipinski definition) is 0. The van der Waals surface area contributed by atoms with Gasteiger partial charge in [0.25, 0.3) is 0 Å². The molecule has 0 aliphatic carbocycles. The van der Waals surface area contributed by atoms with Crippen LogP contribution in [0.5, 0.6) is 0 Å². The third-order valence-electron chi connectivity index (χ3n) is 4.38. The van der Waals surface area contributed by atoms with Gasteiger partial charge in [-0.1, -0.05) is 72.8 Å². The van der Waals surface area contributed by atoms with E-state index in [1.165, 1.54) is 22.4 Å². The molecule has 0 bridgehead atoms. The maximum absolute atomic E-state index is 4.80. The van der Waals surface area contributed by atoms with Crippen molar-refractivity contribution in [2.45, 2.75) is 13.5 Å². The summed E-state index contributed by atoms with van der Waals surface area (Å²) in [5.41, 5.74) is 5.90. The van der Waals surface area contributed by atoms with Crippen molar-refractivity contribution in [3.63, 3.8) is 0 Å². The van der Waals surface area contributed by atoms with Gasteiger partial charge in [0, 0.05) is 11.9 Å². The molecule has 0 amide bonds. The predicted molar refractivity (Wildman–Crippen MR) is 111 cm³/mol. The second-order valence-corrected chi connectivity index (χ2v) is 6.88. The molecule has 1 aromatic heterocycles. The fraction of sp³-hybridized carbons (Fsp3) is 0.0870. The highest BCUT2D eigenvalue weighted by Gasteiger charge is 2.07. The Kier molecular flexibility index (Phi) is 4.80. The average molecular weight is 356 g/mol. The Bertz CT molecular complexity index is 1040. The van der Waals surface area contributed by atoms with Crippen molar-refractivity contribution in [2.75, 3.05) is 0 Å². The van der Waals surface area contributed by atoms with Crippen LogP contribution in [0.15, 0.2) is 95.3 Å². The lowest BCUT2D eigenvalue weighted by atomic mass is 10.0. The van der Waals surface area contributed by atoms with Crippen LogP contribution < -0.4 is 4.80 Å². The number of aromatic nitrogens is 1. The fourth-order valence-corrected chi connectivity index (χ4v) is 4.03. The van der Waals surface area contributed by atoms with Gasteiger partial charge in [0.05, 0.1) is 11.4 Å². The van der Waals surface area contributed by atoms with Crippen LogP contribution in [0.25, 0.3) is 22.4 Å². The van der Waals surface area contributed by atoms with E-state index < -0.39 is 0 Å². The molecular formula is C23H20N2S. The van der Waals surface area contributed by atoms with Crippen LogP contribution in [0.4, 0.5) is 5.69 Å². The molecule has 0 unspecified atom stereocenters. The second-order valence-electron chi connectivity index (χ2n) is 6.04. The van der Waals surface area contributed by atoms with E-state index in [1.54, 1.807) is 11.3 Å². The SMILES string of the molecule is CCn1c(-c2ccc(-c3ccccc3)cc2)csc1=Nc1ccccc1. The molecular weight excluding hydrogens is 336 g/mol. The first kappa shape index (κ1) is 16.6. The first-order valence-electron chi connectivity index (χ1n) is 8.79. The molecule has 3 aromatic carbocycles. The van der Waals surface area contributed by atoms with Crippen molar-refractivity contribution in [3.05, 3.63) is 95.1 Å². The maximum Gasteiger partial charge on any atom is 0.190 e. The topological polar surface area (TPSA) is 17.3 Å². The number of rotatable bonds is 4. The van der Waals surface area contributed by atoms with Crippen LogP contribution in [0.1, 0.15) is 6.92 Å². The summed E-state index contributed by atoms with van der Waals surface area (Å²) in [5, 5.41) is 2.20. The minimum atomic E-state index is 0.894. The normalized spacial score (nSPS) is 11.7. The largest absolute Gasteiger partial charge is 0.317 e. The third kappa shape index (κ3) is 3.39. The first-order valence-corrected chi connectivity index (χ1v) is 9.67. The first-order chi connectivity index (χ1) is 12.8. The Morgan fingerprint density at radius 3 is 1.96 bits per heavy atom. The van der Waals surface area contributed by atoms with E-state index >= 15 is 0 Å². The van der Waals surface area contributed by atoms with Gasteiger partial charge in [-0.2, -0.15) is 0 Å². The standard InChI is InChI=1S/C23H20N2S/c1-2-25-22(17-26-23(25)24-21-11-7-4-8-12-21)20-15-13-19(14-16-20)18-9-5-3-6-10-18/h3-17H,2H2,1H3. The summed E-state index contributed by atoms with van der Waals surface area (Å²) in [6.07, 6.45) is 0. The Morgan fingerprint density at radius 2 is 1.31 bits per heavy atom. The lowest BCUT2D eigenvalue weighted by molar-refractivity contribution is 0.745. The molecule has 4 rings (SSSR count). The van der Waals surface area contributed by atoms with Crippen molar-refractivity contribution in [3.8, 4) is 22.4 Å². The summed E-state index contributed by atoms with van der Waals surface area (Å²) in [6.45, 7) is 3.06. The van der Waals surface area contributed by atoms with E-state index in [4.69, 9.17) is 4.99 Å². The van der Waals surface area contributed by atoms with Crippen LogP contribution in [0.3, 0.4) is 0 Å². The van der Waals surface area contributed by atoms with Gasteiger partial charge in [0.1, 0.15) is 0 Å². The number of thiazole rings is 1. The molecule has 0 saturated carbocycles. The average Bonchev–Trinajstić information content (AvgIpc) is 3.12. The molecule has 0 aliphatic rings. The number of para-hydroxylation sites is 1. The van der Waals surface area contributed by atoms with Gasteiger partial charge in [-0.15, -0.1) is 11.3 Å². The molecule has 0 atom stereocenters. The van der Waals surface area contributed by atoms with E-state index in [-0.39, 0.29) is 0 Å². The smallest absolute Gasteiger partial charge is 0.190 e. The molecule has 4 aromatic rings. The minimum Gasteiger partial charge on any atom is -0.317 e. The number of hydrogen-bond acceptors (Lipinski definition) is 2. The van der Waals surface area contributed by atoms with Crippen molar-refractivity contribution in [1.82, 2.24) is 4.57 Å². The van der Waals surface area contributed by atoms with Crippen LogP contribution in [0.2, 0.25) is 0 Å². The highest BCUT2D eigenvalue weighted by Crippen LogP contribution is 2.25. The van der Waals surface area contributed by atoms with Gasteiger partial charge in [0.2, 0.25) is 0 Å². The van der Waals surface area contributed by atoms with Crippen molar-refractivity contribution < 1.29 is 0 Å². The lowest BCUT2D eigenvalue weighted by Crippen LogP contribution is -2.14. The molecule has 0 N–H and O–H groups in total. The highest BCUT2D eigenvalue weighted by atomic mass is 32.1. The van der Waals surface area contributed by atoms with E-state index in [1.807, 2.05) is 36.4 Å². The summed E-state index contributed by atoms with van der Waals surface area (Å²) in [6, 6.07) is 29.4. The number of nitrogens with zero attached hydrogens (tertiary/aromatic N) is 2. The molecule has 0 aliphatic heterocycles. The molecule has 1 heterocycles. The zero-order valence-electron chi connectivity index (χ0n) is 14.7. The van der Waals surface area contributed by atoms with E-state index in [0.29, 0.717) is 0 Å². The summed E-state index contributed by atoms with van der Waals surface area (Å²) in [4.78, 5) is 5.83. The van der Waals surface area contributed by atoms with Crippen LogP contribution in [-0.2, 0) is 6.54 Å². The van der Waals surface area contributed by atoms with Gasteiger partial charge < -0.3 is 4.57 Å². The molecule has 0 spiro atoms. The molecule has 128 valence electrons. The zero-order valence-corrected chi connectivity index (χ0v) is 15.5. The maximum atomic E-state index is 4.80. The monoisotopic (exact) mass is 356 g/mol. The van der Waals surface area contributed by atoms with Crippen molar-refractivity contribution in [2.24, 2.45) is 4.99 Å². The van der Waals surface area contributed by atoms with Crippen LogP contribution >= 0.6 is 11.3 Å². The highest BCUT2D eigenvalue weighted by molar-refractivity contribution is 7.07. The Morgan fingerprint density at radius 1 is 0.731 bits per heavy atom. The molecule has 0 saturated heterocycles. The van der Waals surface area contributed by atoms with Crippen LogP contribution in [0, 0.1) is 0 Å². The molecule has 2 nitrogen and oxygen atoms in total. The molecule has 0 radical (unpaired) electrons. The molecule has 0 fully saturated rings. The van der Waals surface area contributed by atoms with Crippen molar-refractivity contribution >= 4 is 17.0 Å². The third-order valence-corrected chi connectivity index (χ3v) is 5.25. The summed E-state index contributed by atoms with van der Waals surface area (Å²) in [5.74, 6) is 0. The minimum absolute atomic E-state index is 0.894.